The van der Waals surface area contributed by atoms with Gasteiger partial charge in [-0.05, 0) is 42.4 Å². The van der Waals surface area contributed by atoms with Crippen LogP contribution in [-0.2, 0) is 15.0 Å². The molecule has 0 bridgehead atoms. The van der Waals surface area contributed by atoms with Gasteiger partial charge in [0.05, 0.1) is 0 Å². The van der Waals surface area contributed by atoms with E-state index in [4.69, 9.17) is 14.6 Å². The average molecular weight is 540 g/mol. The van der Waals surface area contributed by atoms with E-state index in [2.05, 4.69) is 49.4 Å². The van der Waals surface area contributed by atoms with Crippen molar-refractivity contribution in [2.24, 2.45) is 0 Å². The van der Waals surface area contributed by atoms with Crippen molar-refractivity contribution in [1.29, 1.82) is 0 Å². The first-order chi connectivity index (χ1) is 14.7. The van der Waals surface area contributed by atoms with Crippen LogP contribution in [-0.4, -0.2) is 27.1 Å². The number of fused-ring (bicyclic) bond motifs is 3. The van der Waals surface area contributed by atoms with Gasteiger partial charge in [-0.25, -0.2) is 9.59 Å². The Labute approximate surface area is 198 Å². The molecule has 1 heterocycles. The SMILES string of the molecule is CCCCCC(C)(C)c1cc(OC(=O)/C=C/C(=O)O)c2c(c1)OC1C(I)CCCCC21. The van der Waals surface area contributed by atoms with E-state index in [9.17, 15) is 9.59 Å². The number of ether oxygens (including phenoxy) is 2. The normalized spacial score (nSPS) is 23.0. The topological polar surface area (TPSA) is 72.8 Å². The fraction of sp³-hybridized carbons (Fsp3) is 0.600. The number of esters is 1. The summed E-state index contributed by atoms with van der Waals surface area (Å²) < 4.78 is 12.6. The molecule has 3 unspecified atom stereocenters. The predicted octanol–water partition coefficient (Wildman–Crippen LogP) is 6.31. The molecule has 3 rings (SSSR count). The Balaban J connectivity index is 1.99. The minimum absolute atomic E-state index is 0.0833. The Hall–Kier alpha value is -1.57. The summed E-state index contributed by atoms with van der Waals surface area (Å²) >= 11 is 2.49. The number of carboxylic acid groups (broad SMARTS) is 1. The van der Waals surface area contributed by atoms with E-state index < -0.39 is 11.9 Å². The fourth-order valence-corrected chi connectivity index (χ4v) is 5.77. The standard InChI is InChI=1S/C25H33IO5/c1-4-5-8-13-25(2,3)16-14-19(30-22(29)12-11-21(27)28)23-17-9-6-7-10-18(26)24(17)31-20(23)15-16/h11-12,14-15,17-18,24H,4-10,13H2,1-3H3,(H,27,28)/b12-11+. The molecular weight excluding hydrogens is 507 g/mol. The first-order valence-electron chi connectivity index (χ1n) is 11.3. The highest BCUT2D eigenvalue weighted by atomic mass is 127. The zero-order chi connectivity index (χ0) is 22.6. The molecule has 1 saturated carbocycles. The molecule has 31 heavy (non-hydrogen) atoms. The van der Waals surface area contributed by atoms with E-state index in [0.717, 1.165) is 61.1 Å². The molecule has 2 aliphatic rings. The molecule has 1 aromatic carbocycles. The van der Waals surface area contributed by atoms with E-state index in [1.807, 2.05) is 6.07 Å². The van der Waals surface area contributed by atoms with Crippen molar-refractivity contribution >= 4 is 34.5 Å². The van der Waals surface area contributed by atoms with Gasteiger partial charge in [-0.15, -0.1) is 0 Å². The maximum Gasteiger partial charge on any atom is 0.336 e. The summed E-state index contributed by atoms with van der Waals surface area (Å²) in [4.78, 5) is 23.2. The summed E-state index contributed by atoms with van der Waals surface area (Å²) in [7, 11) is 0. The molecule has 1 N–H and O–H groups in total. The quantitative estimate of drug-likeness (QED) is 0.104. The molecule has 0 amide bonds. The van der Waals surface area contributed by atoms with Crippen LogP contribution in [0.2, 0.25) is 0 Å². The van der Waals surface area contributed by atoms with Gasteiger partial charge in [0, 0.05) is 27.6 Å². The molecular formula is C25H33IO5. The number of carboxylic acids is 1. The number of carbonyl (C=O) groups excluding carboxylic acids is 1. The lowest BCUT2D eigenvalue weighted by molar-refractivity contribution is -0.133. The van der Waals surface area contributed by atoms with Gasteiger partial charge in [0.2, 0.25) is 0 Å². The van der Waals surface area contributed by atoms with Crippen molar-refractivity contribution in [3.63, 3.8) is 0 Å². The molecule has 5 nitrogen and oxygen atoms in total. The number of carbonyl (C=O) groups is 2. The number of alkyl halides is 1. The second-order valence-corrected chi connectivity index (χ2v) is 10.9. The molecule has 170 valence electrons. The van der Waals surface area contributed by atoms with Crippen molar-refractivity contribution in [2.75, 3.05) is 0 Å². The predicted molar refractivity (Wildman–Crippen MR) is 129 cm³/mol. The van der Waals surface area contributed by atoms with Crippen LogP contribution in [0.1, 0.15) is 89.2 Å². The van der Waals surface area contributed by atoms with Crippen LogP contribution in [0.25, 0.3) is 0 Å². The lowest BCUT2D eigenvalue weighted by Crippen LogP contribution is -2.27. The van der Waals surface area contributed by atoms with Gasteiger partial charge in [-0.3, -0.25) is 0 Å². The number of aliphatic carboxylic acids is 1. The Bertz CT molecular complexity index is 845. The Kier molecular flexibility index (Phi) is 8.05. The maximum atomic E-state index is 12.4. The van der Waals surface area contributed by atoms with E-state index in [1.165, 1.54) is 19.3 Å². The van der Waals surface area contributed by atoms with Gasteiger partial charge in [-0.2, -0.15) is 0 Å². The highest BCUT2D eigenvalue weighted by Gasteiger charge is 2.42. The van der Waals surface area contributed by atoms with Crippen LogP contribution in [0, 0.1) is 0 Å². The third-order valence-corrected chi connectivity index (χ3v) is 7.83. The number of benzene rings is 1. The molecule has 3 atom stereocenters. The molecule has 1 aromatic rings. The van der Waals surface area contributed by atoms with Crippen molar-refractivity contribution in [2.45, 2.75) is 93.5 Å². The summed E-state index contributed by atoms with van der Waals surface area (Å²) in [6, 6.07) is 4.12. The minimum atomic E-state index is -1.17. The fourth-order valence-electron chi connectivity index (χ4n) is 4.68. The second kappa shape index (κ2) is 10.4. The van der Waals surface area contributed by atoms with Crippen LogP contribution in [0.15, 0.2) is 24.3 Å². The smallest absolute Gasteiger partial charge is 0.336 e. The number of unbranched alkanes of at least 4 members (excludes halogenated alkanes) is 2. The average Bonchev–Trinajstić information content (AvgIpc) is 2.99. The lowest BCUT2D eigenvalue weighted by atomic mass is 9.78. The Morgan fingerprint density at radius 2 is 1.97 bits per heavy atom. The monoisotopic (exact) mass is 540 g/mol. The van der Waals surface area contributed by atoms with Crippen LogP contribution < -0.4 is 9.47 Å². The number of rotatable bonds is 8. The van der Waals surface area contributed by atoms with E-state index in [0.29, 0.717) is 9.67 Å². The second-order valence-electron chi connectivity index (χ2n) is 9.31. The highest BCUT2D eigenvalue weighted by Crippen LogP contribution is 2.52. The molecule has 1 aliphatic heterocycles. The number of hydrogen-bond acceptors (Lipinski definition) is 4. The Morgan fingerprint density at radius 1 is 1.23 bits per heavy atom. The van der Waals surface area contributed by atoms with Gasteiger partial charge in [0.25, 0.3) is 0 Å². The highest BCUT2D eigenvalue weighted by molar-refractivity contribution is 14.1. The third kappa shape index (κ3) is 5.82. The molecule has 0 radical (unpaired) electrons. The first-order valence-corrected chi connectivity index (χ1v) is 12.6. The summed E-state index contributed by atoms with van der Waals surface area (Å²) in [5.41, 5.74) is 1.98. The third-order valence-electron chi connectivity index (χ3n) is 6.50. The van der Waals surface area contributed by atoms with Crippen LogP contribution in [0.4, 0.5) is 0 Å². The first kappa shape index (κ1) is 24.1. The van der Waals surface area contributed by atoms with Crippen molar-refractivity contribution in [1.82, 2.24) is 0 Å². The maximum absolute atomic E-state index is 12.4. The van der Waals surface area contributed by atoms with Crippen LogP contribution in [0.3, 0.4) is 0 Å². The molecule has 0 aromatic heterocycles. The molecule has 0 spiro atoms. The summed E-state index contributed by atoms with van der Waals surface area (Å²) in [6.45, 7) is 6.63. The van der Waals surface area contributed by atoms with Gasteiger partial charge < -0.3 is 14.6 Å². The zero-order valence-electron chi connectivity index (χ0n) is 18.7. The number of hydrogen-bond donors (Lipinski definition) is 1. The van der Waals surface area contributed by atoms with Crippen LogP contribution >= 0.6 is 22.6 Å². The molecule has 0 saturated heterocycles. The van der Waals surface area contributed by atoms with E-state index >= 15 is 0 Å². The van der Waals surface area contributed by atoms with Gasteiger partial charge >= 0.3 is 11.9 Å². The summed E-state index contributed by atoms with van der Waals surface area (Å²) in [6.07, 6.45) is 10.8. The van der Waals surface area contributed by atoms with E-state index in [-0.39, 0.29) is 17.4 Å². The Morgan fingerprint density at radius 3 is 2.68 bits per heavy atom. The van der Waals surface area contributed by atoms with Gasteiger partial charge in [-0.1, -0.05) is 75.5 Å². The zero-order valence-corrected chi connectivity index (χ0v) is 20.8. The van der Waals surface area contributed by atoms with Crippen molar-refractivity contribution < 1.29 is 24.2 Å². The minimum Gasteiger partial charge on any atom is -0.488 e. The van der Waals surface area contributed by atoms with Gasteiger partial charge in [0.15, 0.2) is 0 Å². The lowest BCUT2D eigenvalue weighted by Gasteiger charge is -2.27. The molecule has 6 heteroatoms. The molecule has 1 fully saturated rings. The number of halogens is 1. The molecule has 1 aliphatic carbocycles. The van der Waals surface area contributed by atoms with Crippen molar-refractivity contribution in [3.05, 3.63) is 35.4 Å². The van der Waals surface area contributed by atoms with Gasteiger partial charge in [0.1, 0.15) is 17.6 Å². The largest absolute Gasteiger partial charge is 0.488 e. The summed E-state index contributed by atoms with van der Waals surface area (Å²) in [5, 5.41) is 8.84. The summed E-state index contributed by atoms with van der Waals surface area (Å²) in [5.74, 6) is -0.303. The van der Waals surface area contributed by atoms with E-state index in [1.54, 1.807) is 0 Å². The van der Waals surface area contributed by atoms with Crippen molar-refractivity contribution in [3.8, 4) is 11.5 Å². The van der Waals surface area contributed by atoms with Crippen LogP contribution in [0.5, 0.6) is 11.5 Å².